The molecule has 1 N–H and O–H groups in total. The van der Waals surface area contributed by atoms with Crippen LogP contribution in [0.5, 0.6) is 0 Å². The molecular formula is C17H24F3N. The summed E-state index contributed by atoms with van der Waals surface area (Å²) in [6.07, 6.45) is 2.79. The Morgan fingerprint density at radius 2 is 1.76 bits per heavy atom. The van der Waals surface area contributed by atoms with E-state index in [-0.39, 0.29) is 0 Å². The second kappa shape index (κ2) is 7.30. The Balaban J connectivity index is 1.91. The number of nitrogens with one attached hydrogen (secondary N) is 1. The quantitative estimate of drug-likeness (QED) is 0.795. The van der Waals surface area contributed by atoms with Crippen molar-refractivity contribution in [1.29, 1.82) is 0 Å². The molecule has 1 unspecified atom stereocenters. The Morgan fingerprint density at radius 3 is 2.29 bits per heavy atom. The van der Waals surface area contributed by atoms with Crippen molar-refractivity contribution in [3.05, 3.63) is 35.4 Å². The van der Waals surface area contributed by atoms with Crippen molar-refractivity contribution in [3.63, 3.8) is 0 Å². The molecule has 0 bridgehead atoms. The molecule has 1 aliphatic carbocycles. The van der Waals surface area contributed by atoms with Crippen LogP contribution in [0.2, 0.25) is 0 Å². The lowest BCUT2D eigenvalue weighted by molar-refractivity contribution is -0.137. The van der Waals surface area contributed by atoms with Crippen LogP contribution in [0.15, 0.2) is 24.3 Å². The number of alkyl halides is 3. The van der Waals surface area contributed by atoms with E-state index in [1.807, 2.05) is 0 Å². The molecule has 1 fully saturated rings. The molecule has 2 rings (SSSR count). The minimum Gasteiger partial charge on any atom is -0.314 e. The van der Waals surface area contributed by atoms with Crippen molar-refractivity contribution >= 4 is 0 Å². The van der Waals surface area contributed by atoms with Gasteiger partial charge in [-0.2, -0.15) is 13.2 Å². The van der Waals surface area contributed by atoms with Crippen molar-refractivity contribution in [1.82, 2.24) is 5.32 Å². The van der Waals surface area contributed by atoms with Gasteiger partial charge in [-0.1, -0.05) is 31.9 Å². The predicted octanol–water partition coefficient (Wildman–Crippen LogP) is 4.81. The van der Waals surface area contributed by atoms with E-state index in [4.69, 9.17) is 0 Å². The molecule has 118 valence electrons. The molecule has 1 aromatic carbocycles. The maximum atomic E-state index is 12.5. The number of hydrogen-bond acceptors (Lipinski definition) is 1. The molecule has 0 spiro atoms. The smallest absolute Gasteiger partial charge is 0.314 e. The second-order valence-corrected chi connectivity index (χ2v) is 5.94. The van der Waals surface area contributed by atoms with Gasteiger partial charge >= 0.3 is 6.18 Å². The zero-order chi connectivity index (χ0) is 15.3. The normalized spacial score (nSPS) is 18.1. The number of rotatable bonds is 6. The fraction of sp³-hybridized carbons (Fsp3) is 0.647. The zero-order valence-electron chi connectivity index (χ0n) is 12.5. The summed E-state index contributed by atoms with van der Waals surface area (Å²) >= 11 is 0. The molecule has 1 saturated carbocycles. The molecule has 0 heterocycles. The van der Waals surface area contributed by atoms with Crippen LogP contribution in [0.1, 0.15) is 50.2 Å². The average Bonchev–Trinajstić information content (AvgIpc) is 2.97. The zero-order valence-corrected chi connectivity index (χ0v) is 12.5. The summed E-state index contributed by atoms with van der Waals surface area (Å²) in [5.41, 5.74) is 0.425. The van der Waals surface area contributed by atoms with Crippen molar-refractivity contribution in [2.45, 2.75) is 57.7 Å². The summed E-state index contributed by atoms with van der Waals surface area (Å²) in [5.74, 6) is 0.736. The third kappa shape index (κ3) is 4.73. The van der Waals surface area contributed by atoms with Gasteiger partial charge in [0.1, 0.15) is 0 Å². The van der Waals surface area contributed by atoms with E-state index < -0.39 is 11.7 Å². The molecule has 0 aromatic heterocycles. The number of aryl methyl sites for hydroxylation is 1. The Hall–Kier alpha value is -1.03. The molecule has 1 aliphatic rings. The van der Waals surface area contributed by atoms with E-state index in [1.54, 1.807) is 12.1 Å². The average molecular weight is 299 g/mol. The van der Waals surface area contributed by atoms with Crippen LogP contribution in [0.3, 0.4) is 0 Å². The molecule has 1 aromatic rings. The number of hydrogen-bond donors (Lipinski definition) is 1. The molecule has 0 aliphatic heterocycles. The molecule has 0 amide bonds. The molecule has 0 radical (unpaired) electrons. The molecule has 0 saturated heterocycles. The van der Waals surface area contributed by atoms with Gasteiger partial charge in [0.25, 0.3) is 0 Å². The second-order valence-electron chi connectivity index (χ2n) is 5.94. The summed E-state index contributed by atoms with van der Waals surface area (Å²) < 4.78 is 37.6. The van der Waals surface area contributed by atoms with E-state index in [9.17, 15) is 13.2 Å². The first-order chi connectivity index (χ1) is 10.0. The number of halogens is 3. The molecular weight excluding hydrogens is 275 g/mol. The lowest BCUT2D eigenvalue weighted by atomic mass is 9.92. The first-order valence-corrected chi connectivity index (χ1v) is 7.90. The minimum atomic E-state index is -4.24. The maximum Gasteiger partial charge on any atom is 0.416 e. The SMILES string of the molecule is CCNC(CCc1ccc(C(F)(F)F)cc1)C1CCCC1. The van der Waals surface area contributed by atoms with Gasteiger partial charge in [-0.25, -0.2) is 0 Å². The van der Waals surface area contributed by atoms with Gasteiger partial charge in [-0.05, 0) is 55.8 Å². The van der Waals surface area contributed by atoms with E-state index in [0.29, 0.717) is 6.04 Å². The van der Waals surface area contributed by atoms with Gasteiger partial charge in [0.2, 0.25) is 0 Å². The fourth-order valence-electron chi connectivity index (χ4n) is 3.31. The first kappa shape index (κ1) is 16.3. The third-order valence-electron chi connectivity index (χ3n) is 4.46. The largest absolute Gasteiger partial charge is 0.416 e. The highest BCUT2D eigenvalue weighted by atomic mass is 19.4. The van der Waals surface area contributed by atoms with Crippen molar-refractivity contribution in [3.8, 4) is 0 Å². The Morgan fingerprint density at radius 1 is 1.14 bits per heavy atom. The summed E-state index contributed by atoms with van der Waals surface area (Å²) in [5, 5.41) is 3.55. The minimum absolute atomic E-state index is 0.500. The Bertz CT molecular complexity index is 419. The van der Waals surface area contributed by atoms with E-state index in [1.165, 1.54) is 37.8 Å². The first-order valence-electron chi connectivity index (χ1n) is 7.90. The summed E-state index contributed by atoms with van der Waals surface area (Å²) in [4.78, 5) is 0. The Labute approximate surface area is 124 Å². The van der Waals surface area contributed by atoms with Crippen LogP contribution in [0.4, 0.5) is 13.2 Å². The van der Waals surface area contributed by atoms with Crippen molar-refractivity contribution in [2.75, 3.05) is 6.54 Å². The number of benzene rings is 1. The van der Waals surface area contributed by atoms with Crippen LogP contribution in [0, 0.1) is 5.92 Å². The van der Waals surface area contributed by atoms with Crippen LogP contribution < -0.4 is 5.32 Å². The molecule has 4 heteroatoms. The van der Waals surface area contributed by atoms with Crippen LogP contribution >= 0.6 is 0 Å². The van der Waals surface area contributed by atoms with Gasteiger partial charge in [-0.15, -0.1) is 0 Å². The maximum absolute atomic E-state index is 12.5. The van der Waals surface area contributed by atoms with E-state index in [2.05, 4.69) is 12.2 Å². The van der Waals surface area contributed by atoms with Crippen LogP contribution in [-0.4, -0.2) is 12.6 Å². The van der Waals surface area contributed by atoms with E-state index in [0.717, 1.165) is 30.9 Å². The highest BCUT2D eigenvalue weighted by molar-refractivity contribution is 5.24. The van der Waals surface area contributed by atoms with Crippen molar-refractivity contribution in [2.24, 2.45) is 5.92 Å². The molecule has 1 nitrogen and oxygen atoms in total. The summed E-state index contributed by atoms with van der Waals surface area (Å²) in [7, 11) is 0. The molecule has 21 heavy (non-hydrogen) atoms. The lowest BCUT2D eigenvalue weighted by Gasteiger charge is -2.24. The van der Waals surface area contributed by atoms with Crippen molar-refractivity contribution < 1.29 is 13.2 Å². The van der Waals surface area contributed by atoms with Gasteiger partial charge in [-0.3, -0.25) is 0 Å². The Kier molecular flexibility index (Phi) is 5.68. The lowest BCUT2D eigenvalue weighted by Crippen LogP contribution is -2.35. The molecule has 1 atom stereocenters. The van der Waals surface area contributed by atoms with Crippen LogP contribution in [0.25, 0.3) is 0 Å². The highest BCUT2D eigenvalue weighted by Gasteiger charge is 2.30. The summed E-state index contributed by atoms with van der Waals surface area (Å²) in [6.45, 7) is 3.06. The standard InChI is InChI=1S/C17H24F3N/c1-2-21-16(14-5-3-4-6-14)12-9-13-7-10-15(11-8-13)17(18,19)20/h7-8,10-11,14,16,21H,2-6,9,12H2,1H3. The predicted molar refractivity (Wildman–Crippen MR) is 79.2 cm³/mol. The van der Waals surface area contributed by atoms with Gasteiger partial charge in [0, 0.05) is 6.04 Å². The third-order valence-corrected chi connectivity index (χ3v) is 4.46. The van der Waals surface area contributed by atoms with Gasteiger partial charge < -0.3 is 5.32 Å². The van der Waals surface area contributed by atoms with Gasteiger partial charge in [0.05, 0.1) is 5.56 Å². The van der Waals surface area contributed by atoms with Crippen LogP contribution in [-0.2, 0) is 12.6 Å². The highest BCUT2D eigenvalue weighted by Crippen LogP contribution is 2.31. The van der Waals surface area contributed by atoms with E-state index >= 15 is 0 Å². The topological polar surface area (TPSA) is 12.0 Å². The summed E-state index contributed by atoms with van der Waals surface area (Å²) in [6, 6.07) is 6.10. The fourth-order valence-corrected chi connectivity index (χ4v) is 3.31. The monoisotopic (exact) mass is 299 g/mol. The van der Waals surface area contributed by atoms with Gasteiger partial charge in [0.15, 0.2) is 0 Å².